The first-order chi connectivity index (χ1) is 20.4. The molecule has 2 aliphatic heterocycles. The molecular weight excluding hydrogens is 563 g/mol. The molecule has 226 valence electrons. The summed E-state index contributed by atoms with van der Waals surface area (Å²) in [7, 11) is 1.64. The van der Waals surface area contributed by atoms with Crippen molar-refractivity contribution in [1.29, 1.82) is 5.26 Å². The Morgan fingerprint density at radius 1 is 1.28 bits per heavy atom. The Morgan fingerprint density at radius 2 is 2.07 bits per heavy atom. The van der Waals surface area contributed by atoms with E-state index in [1.165, 1.54) is 35.3 Å². The number of nitriles is 1. The summed E-state index contributed by atoms with van der Waals surface area (Å²) in [5.74, 6) is 0.0185. The number of phenolic OH excluding ortho intramolecular Hbond substituents is 1. The molecule has 1 saturated heterocycles. The normalized spacial score (nSPS) is 32.6. The van der Waals surface area contributed by atoms with Gasteiger partial charge in [-0.25, -0.2) is 0 Å². The van der Waals surface area contributed by atoms with Crippen molar-refractivity contribution in [2.75, 3.05) is 13.6 Å². The molecule has 2 aromatic carbocycles. The minimum Gasteiger partial charge on any atom is -0.504 e. The van der Waals surface area contributed by atoms with Crippen molar-refractivity contribution in [3.63, 3.8) is 0 Å². The Bertz CT molecular complexity index is 1550. The van der Waals surface area contributed by atoms with Crippen LogP contribution < -0.4 is 9.47 Å². The van der Waals surface area contributed by atoms with Gasteiger partial charge in [0.25, 0.3) is 0 Å². The summed E-state index contributed by atoms with van der Waals surface area (Å²) in [6.07, 6.45) is 1.09. The fourth-order valence-electron chi connectivity index (χ4n) is 8.27. The van der Waals surface area contributed by atoms with E-state index in [9.17, 15) is 33.4 Å². The van der Waals surface area contributed by atoms with Crippen LogP contribution in [0, 0.1) is 17.2 Å². The van der Waals surface area contributed by atoms with Gasteiger partial charge in [-0.2, -0.15) is 5.26 Å². The number of ether oxygens (including phenoxy) is 2. The minimum atomic E-state index is -4.83. The third-order valence-corrected chi connectivity index (χ3v) is 10.3. The van der Waals surface area contributed by atoms with E-state index in [-0.39, 0.29) is 17.5 Å². The molecule has 6 atom stereocenters. The van der Waals surface area contributed by atoms with E-state index in [2.05, 4.69) is 15.7 Å². The van der Waals surface area contributed by atoms with Crippen molar-refractivity contribution in [3.8, 4) is 23.3 Å². The Labute approximate surface area is 246 Å². The number of amides is 1. The standard InChI is InChI=1S/C32H32F3N3O5/c1-37(26(40)10-7-18-3-2-4-22(13-18)43-32(33,34)35)23-11-12-31(41)25-14-20-8-9-24(39)28-27(20)30(31,29(23)42-28)15-21(16-36)38(25)17-19-5-6-19/h2-4,7-10,13,19,21,23,25,29,39,41H,5-6,11-12,14-15,17H2,1H3/b10-7+/t21?,23?,25-,29?,30+,31-/m1/s1. The highest BCUT2D eigenvalue weighted by Gasteiger charge is 2.75. The van der Waals surface area contributed by atoms with Crippen LogP contribution in [0.2, 0.25) is 0 Å². The quantitative estimate of drug-likeness (QED) is 0.480. The van der Waals surface area contributed by atoms with Gasteiger partial charge in [0, 0.05) is 31.3 Å². The number of nitrogens with zero attached hydrogens (tertiary/aromatic N) is 3. The molecule has 2 saturated carbocycles. The van der Waals surface area contributed by atoms with Gasteiger partial charge in [-0.05, 0) is 79.8 Å². The molecule has 7 rings (SSSR count). The number of carbonyl (C=O) groups is 1. The molecule has 1 spiro atoms. The Kier molecular flexibility index (Phi) is 6.28. The lowest BCUT2D eigenvalue weighted by molar-refractivity contribution is -0.274. The predicted molar refractivity (Wildman–Crippen MR) is 148 cm³/mol. The van der Waals surface area contributed by atoms with Gasteiger partial charge in [0.2, 0.25) is 5.91 Å². The number of rotatable bonds is 6. The largest absolute Gasteiger partial charge is 0.573 e. The maximum atomic E-state index is 13.5. The summed E-state index contributed by atoms with van der Waals surface area (Å²) in [4.78, 5) is 17.2. The number of alkyl halides is 3. The number of halogens is 3. The van der Waals surface area contributed by atoms with Crippen LogP contribution in [0.5, 0.6) is 17.2 Å². The van der Waals surface area contributed by atoms with Gasteiger partial charge < -0.3 is 24.6 Å². The molecule has 3 aliphatic carbocycles. The zero-order valence-electron chi connectivity index (χ0n) is 23.6. The summed E-state index contributed by atoms with van der Waals surface area (Å²) < 4.78 is 48.5. The van der Waals surface area contributed by atoms with Crippen LogP contribution in [-0.2, 0) is 16.6 Å². The molecule has 8 nitrogen and oxygen atoms in total. The van der Waals surface area contributed by atoms with Crippen molar-refractivity contribution in [2.45, 2.75) is 80.1 Å². The molecule has 2 heterocycles. The van der Waals surface area contributed by atoms with E-state index >= 15 is 0 Å². The van der Waals surface area contributed by atoms with Gasteiger partial charge in [0.05, 0.1) is 29.2 Å². The number of aliphatic hydroxyl groups is 1. The predicted octanol–water partition coefficient (Wildman–Crippen LogP) is 4.29. The zero-order chi connectivity index (χ0) is 30.3. The first kappa shape index (κ1) is 28.0. The number of aromatic hydroxyl groups is 1. The van der Waals surface area contributed by atoms with Gasteiger partial charge in [0.15, 0.2) is 11.5 Å². The number of piperidine rings is 1. The Hall–Kier alpha value is -3.75. The van der Waals surface area contributed by atoms with Crippen molar-refractivity contribution >= 4 is 12.0 Å². The van der Waals surface area contributed by atoms with E-state index in [0.717, 1.165) is 30.5 Å². The number of likely N-dealkylation sites (N-methyl/N-ethyl adjacent to an activating group) is 1. The van der Waals surface area contributed by atoms with Crippen LogP contribution in [0.15, 0.2) is 42.5 Å². The lowest BCUT2D eigenvalue weighted by atomic mass is 9.47. The molecule has 3 fully saturated rings. The molecular formula is C32H32F3N3O5. The molecule has 2 aromatic rings. The summed E-state index contributed by atoms with van der Waals surface area (Å²) in [5.41, 5.74) is -0.123. The molecule has 43 heavy (non-hydrogen) atoms. The summed E-state index contributed by atoms with van der Waals surface area (Å²) in [6.45, 7) is 0.759. The average molecular weight is 596 g/mol. The minimum absolute atomic E-state index is 0.0363. The van der Waals surface area contributed by atoms with Crippen molar-refractivity contribution in [2.24, 2.45) is 5.92 Å². The second-order valence-electron chi connectivity index (χ2n) is 12.6. The average Bonchev–Trinajstić information content (AvgIpc) is 3.71. The summed E-state index contributed by atoms with van der Waals surface area (Å²) in [5, 5.41) is 33.9. The maximum absolute atomic E-state index is 13.5. The second-order valence-corrected chi connectivity index (χ2v) is 12.6. The highest BCUT2D eigenvalue weighted by atomic mass is 19.4. The van der Waals surface area contributed by atoms with Gasteiger partial charge >= 0.3 is 6.36 Å². The van der Waals surface area contributed by atoms with Crippen LogP contribution in [0.4, 0.5) is 13.2 Å². The third kappa shape index (κ3) is 4.29. The van der Waals surface area contributed by atoms with Crippen molar-refractivity contribution < 1.29 is 37.7 Å². The number of carbonyl (C=O) groups excluding carboxylic acids is 1. The topological polar surface area (TPSA) is 106 Å². The first-order valence-electron chi connectivity index (χ1n) is 14.7. The molecule has 5 aliphatic rings. The summed E-state index contributed by atoms with van der Waals surface area (Å²) >= 11 is 0. The Morgan fingerprint density at radius 3 is 2.79 bits per heavy atom. The highest BCUT2D eigenvalue weighted by molar-refractivity contribution is 5.92. The SMILES string of the molecule is CN(C(=O)/C=C/c1cccc(OC(F)(F)F)c1)C1CC[C@@]2(O)[C@H]3Cc4ccc(O)c5c4[C@@]2(CC(C#N)N3CC2CC2)C1O5. The number of hydrogen-bond donors (Lipinski definition) is 2. The van der Waals surface area contributed by atoms with E-state index in [1.54, 1.807) is 19.2 Å². The molecule has 0 radical (unpaired) electrons. The molecule has 2 bridgehead atoms. The van der Waals surface area contributed by atoms with Gasteiger partial charge in [-0.15, -0.1) is 13.2 Å². The highest BCUT2D eigenvalue weighted by Crippen LogP contribution is 2.66. The van der Waals surface area contributed by atoms with E-state index < -0.39 is 41.5 Å². The monoisotopic (exact) mass is 595 g/mol. The van der Waals surface area contributed by atoms with Gasteiger partial charge in [-0.1, -0.05) is 18.2 Å². The zero-order valence-corrected chi connectivity index (χ0v) is 23.6. The van der Waals surface area contributed by atoms with E-state index in [4.69, 9.17) is 4.74 Å². The third-order valence-electron chi connectivity index (χ3n) is 10.3. The van der Waals surface area contributed by atoms with Gasteiger partial charge in [-0.3, -0.25) is 9.69 Å². The molecule has 2 N–H and O–H groups in total. The number of benzene rings is 2. The molecule has 0 aromatic heterocycles. The van der Waals surface area contributed by atoms with Crippen molar-refractivity contribution in [3.05, 3.63) is 59.2 Å². The van der Waals surface area contributed by atoms with Crippen LogP contribution >= 0.6 is 0 Å². The Balaban J connectivity index is 1.22. The number of phenols is 1. The van der Waals surface area contributed by atoms with Crippen LogP contribution in [0.3, 0.4) is 0 Å². The smallest absolute Gasteiger partial charge is 0.504 e. The fourth-order valence-corrected chi connectivity index (χ4v) is 8.27. The van der Waals surface area contributed by atoms with Crippen LogP contribution in [0.1, 0.15) is 48.8 Å². The van der Waals surface area contributed by atoms with E-state index in [0.29, 0.717) is 42.9 Å². The van der Waals surface area contributed by atoms with Crippen LogP contribution in [-0.4, -0.2) is 75.7 Å². The molecule has 3 unspecified atom stereocenters. The van der Waals surface area contributed by atoms with Crippen molar-refractivity contribution in [1.82, 2.24) is 9.80 Å². The second kappa shape index (κ2) is 9.63. The number of likely N-dealkylation sites (tertiary alicyclic amines) is 1. The summed E-state index contributed by atoms with van der Waals surface area (Å²) in [6, 6.07) is 10.1. The fraction of sp³-hybridized carbons (Fsp3) is 0.500. The lowest BCUT2D eigenvalue weighted by Crippen LogP contribution is -2.79. The number of hydrogen-bond acceptors (Lipinski definition) is 7. The lowest BCUT2D eigenvalue weighted by Gasteiger charge is -2.65. The molecule has 1 amide bonds. The van der Waals surface area contributed by atoms with Gasteiger partial charge in [0.1, 0.15) is 11.9 Å². The molecule has 11 heteroatoms. The first-order valence-corrected chi connectivity index (χ1v) is 14.7. The van der Waals surface area contributed by atoms with Crippen LogP contribution in [0.25, 0.3) is 6.08 Å². The van der Waals surface area contributed by atoms with E-state index in [1.807, 2.05) is 6.07 Å². The maximum Gasteiger partial charge on any atom is 0.573 e.